The van der Waals surface area contributed by atoms with Crippen molar-refractivity contribution >= 4 is 101 Å². The third-order valence-electron chi connectivity index (χ3n) is 8.45. The molecule has 4 aromatic heterocycles. The minimum Gasteiger partial charge on any atom is -0.549 e. The van der Waals surface area contributed by atoms with Crippen molar-refractivity contribution < 1.29 is 40.9 Å². The Hall–Kier alpha value is -3.69. The normalized spacial score (nSPS) is 12.9. The molecule has 14 nitrogen and oxygen atoms in total. The van der Waals surface area contributed by atoms with Crippen molar-refractivity contribution in [3.8, 4) is 0 Å². The topological polar surface area (TPSA) is 196 Å². The van der Waals surface area contributed by atoms with Gasteiger partial charge in [-0.15, -0.1) is 0 Å². The maximum atomic E-state index is 10.2. The average Bonchev–Trinajstić information content (AvgIpc) is 3.71. The van der Waals surface area contributed by atoms with Crippen LogP contribution in [0.25, 0.3) is 33.0 Å². The Morgan fingerprint density at radius 2 is 1.15 bits per heavy atom. The van der Waals surface area contributed by atoms with Gasteiger partial charge < -0.3 is 49.5 Å². The first-order valence-electron chi connectivity index (χ1n) is 16.8. The Kier molecular flexibility index (Phi) is 15.6. The number of carboxylic acid groups (broad SMARTS) is 2. The van der Waals surface area contributed by atoms with E-state index in [-0.39, 0.29) is 56.6 Å². The molecule has 0 spiro atoms. The van der Waals surface area contributed by atoms with Gasteiger partial charge in [0.05, 0.1) is 24.6 Å². The predicted molar refractivity (Wildman–Crippen MR) is 209 cm³/mol. The van der Waals surface area contributed by atoms with Gasteiger partial charge in [0.15, 0.2) is 11.3 Å². The first kappa shape index (κ1) is 44.0. The summed E-state index contributed by atoms with van der Waals surface area (Å²) in [6.45, 7) is 9.28. The van der Waals surface area contributed by atoms with E-state index in [0.29, 0.717) is 53.5 Å². The first-order valence-corrected chi connectivity index (χ1v) is 19.1. The van der Waals surface area contributed by atoms with Gasteiger partial charge in [0.2, 0.25) is 0 Å². The molecular formula is C36H34Br2Cl2N10O4Pt. The number of rotatable bonds is 10. The summed E-state index contributed by atoms with van der Waals surface area (Å²) in [4.78, 5) is 46.2. The van der Waals surface area contributed by atoms with E-state index in [2.05, 4.69) is 100 Å². The molecule has 0 N–H and O–H groups in total. The third kappa shape index (κ3) is 10.8. The van der Waals surface area contributed by atoms with E-state index < -0.39 is 17.4 Å². The van der Waals surface area contributed by atoms with Crippen molar-refractivity contribution in [1.29, 1.82) is 0 Å². The number of benzene rings is 2. The molecule has 0 radical (unpaired) electrons. The fraction of sp³-hybridized carbons (Fsp3) is 0.333. The summed E-state index contributed by atoms with van der Waals surface area (Å²) in [5.41, 5.74) is 3.27. The van der Waals surface area contributed by atoms with Gasteiger partial charge in [0, 0.05) is 26.4 Å². The summed E-state index contributed by atoms with van der Waals surface area (Å²) in [5.74, 6) is -1.98. The summed E-state index contributed by atoms with van der Waals surface area (Å²) in [6.07, 6.45) is 4.42. The summed E-state index contributed by atoms with van der Waals surface area (Å²) in [6, 6.07) is 16.5. The second-order valence-electron chi connectivity index (χ2n) is 12.9. The molecule has 7 rings (SSSR count). The number of imidazole rings is 2. The molecule has 290 valence electrons. The van der Waals surface area contributed by atoms with Gasteiger partial charge in [0.1, 0.15) is 21.6 Å². The van der Waals surface area contributed by atoms with Gasteiger partial charge >= 0.3 is 21.1 Å². The van der Waals surface area contributed by atoms with Crippen LogP contribution >= 0.6 is 55.1 Å². The van der Waals surface area contributed by atoms with Gasteiger partial charge in [-0.3, -0.25) is 0 Å². The number of halogens is 4. The second kappa shape index (κ2) is 19.4. The Morgan fingerprint density at radius 3 is 1.44 bits per heavy atom. The van der Waals surface area contributed by atoms with E-state index in [0.717, 1.165) is 20.1 Å². The number of aliphatic carboxylic acids is 2. The van der Waals surface area contributed by atoms with Crippen molar-refractivity contribution in [3.63, 3.8) is 0 Å². The van der Waals surface area contributed by atoms with Crippen LogP contribution in [0.15, 0.2) is 70.1 Å². The van der Waals surface area contributed by atoms with E-state index in [9.17, 15) is 19.8 Å². The van der Waals surface area contributed by atoms with Crippen molar-refractivity contribution in [2.75, 3.05) is 0 Å². The van der Waals surface area contributed by atoms with Crippen LogP contribution in [0.2, 0.25) is 10.6 Å². The van der Waals surface area contributed by atoms with Crippen molar-refractivity contribution in [3.05, 3.63) is 102 Å². The van der Waals surface area contributed by atoms with Crippen molar-refractivity contribution in [1.82, 2.24) is 39.0 Å². The molecule has 19 heteroatoms. The summed E-state index contributed by atoms with van der Waals surface area (Å²) >= 11 is 19.0. The molecule has 0 amide bonds. The summed E-state index contributed by atoms with van der Waals surface area (Å²) in [7, 11) is 0. The quantitative estimate of drug-likeness (QED) is 0.0968. The number of carboxylic acids is 2. The number of hydrogen-bond acceptors (Lipinski definition) is 10. The zero-order valence-electron chi connectivity index (χ0n) is 29.9. The molecule has 1 aliphatic rings. The van der Waals surface area contributed by atoms with E-state index in [1.807, 2.05) is 57.7 Å². The number of fused-ring (bicyclic) bond motifs is 2. The van der Waals surface area contributed by atoms with Gasteiger partial charge in [-0.2, -0.15) is 0 Å². The maximum absolute atomic E-state index is 10.2. The van der Waals surface area contributed by atoms with Crippen LogP contribution in [0.5, 0.6) is 0 Å². The van der Waals surface area contributed by atoms with Crippen LogP contribution in [-0.4, -0.2) is 51.0 Å². The minimum absolute atomic E-state index is 0. The van der Waals surface area contributed by atoms with E-state index in [4.69, 9.17) is 23.2 Å². The zero-order valence-corrected chi connectivity index (χ0v) is 36.9. The van der Waals surface area contributed by atoms with Gasteiger partial charge in [0.25, 0.3) is 0 Å². The van der Waals surface area contributed by atoms with Crippen LogP contribution in [-0.2, 0) is 43.7 Å². The van der Waals surface area contributed by atoms with Crippen LogP contribution in [0, 0.1) is 5.41 Å². The van der Waals surface area contributed by atoms with Crippen LogP contribution in [0.4, 0.5) is 11.6 Å². The van der Waals surface area contributed by atoms with E-state index in [1.165, 1.54) is 0 Å². The number of hydrogen-bond donors (Lipinski definition) is 0. The van der Waals surface area contributed by atoms with E-state index in [1.54, 1.807) is 12.7 Å². The number of nitrogens with zero attached hydrogens (tertiary/aromatic N) is 10. The summed E-state index contributed by atoms with van der Waals surface area (Å²) < 4.78 is 5.97. The molecule has 55 heavy (non-hydrogen) atoms. The molecule has 4 heterocycles. The monoisotopic (exact) mass is 1090 g/mol. The molecule has 0 unspecified atom stereocenters. The fourth-order valence-electron chi connectivity index (χ4n) is 5.35. The standard InChI is InChI=1S/2C15H14BrClN5.C6H8O4.Pt/c2*1-9(2)22-8-19-12-13(20-15(17)21-14(12)22)18-7-10-4-3-5-11(16)6-10;7-4(8)6(5(9)10)2-1-3-6;/h2*3-6,8-9H,7H2,1-2H3;1-3H2,(H,7,8)(H,9,10);/q2*-1;;+4/p-2. The minimum atomic E-state index is -1.67. The SMILES string of the molecule is CC(C)n1cnc2c([N-]Cc3cccc(Br)c3)nc(Cl)nc21.CC(C)n1cnc2c([N-]Cc3cccc(Br)c3)nc(Cl)nc21.O=C([O-])C1(C(=O)[O-])CCC1.[Pt+4]. The summed E-state index contributed by atoms with van der Waals surface area (Å²) in [5, 5.41) is 29.9. The molecule has 0 bridgehead atoms. The molecule has 6 aromatic rings. The van der Waals surface area contributed by atoms with E-state index >= 15 is 0 Å². The number of carbonyl (C=O) groups is 2. The van der Waals surface area contributed by atoms with Crippen LogP contribution < -0.4 is 10.2 Å². The molecule has 2 aromatic carbocycles. The largest absolute Gasteiger partial charge is 4.00 e. The van der Waals surface area contributed by atoms with Crippen molar-refractivity contribution in [2.24, 2.45) is 5.41 Å². The Morgan fingerprint density at radius 1 is 0.745 bits per heavy atom. The average molecular weight is 1100 g/mol. The van der Waals surface area contributed by atoms with Crippen LogP contribution in [0.3, 0.4) is 0 Å². The first-order chi connectivity index (χ1) is 25.7. The predicted octanol–water partition coefficient (Wildman–Crippen LogP) is 7.71. The Balaban J connectivity index is 0.000000195. The van der Waals surface area contributed by atoms with Crippen LogP contribution in [0.1, 0.15) is 70.2 Å². The smallest absolute Gasteiger partial charge is 0.549 e. The van der Waals surface area contributed by atoms with Gasteiger partial charge in [-0.05, 0) is 101 Å². The Labute approximate surface area is 358 Å². The molecule has 1 saturated carbocycles. The number of aromatic nitrogens is 8. The third-order valence-corrected chi connectivity index (χ3v) is 9.78. The number of carbonyl (C=O) groups excluding carboxylic acids is 2. The fourth-order valence-corrected chi connectivity index (χ4v) is 6.57. The van der Waals surface area contributed by atoms with Gasteiger partial charge in [-0.1, -0.05) is 85.7 Å². The zero-order chi connectivity index (χ0) is 39.2. The Bertz CT molecular complexity index is 2130. The molecule has 0 atom stereocenters. The molecule has 1 fully saturated rings. The van der Waals surface area contributed by atoms with Gasteiger partial charge in [-0.25, -0.2) is 19.9 Å². The molecule has 0 saturated heterocycles. The second-order valence-corrected chi connectivity index (χ2v) is 15.4. The maximum Gasteiger partial charge on any atom is 4.00 e. The molecular weight excluding hydrogens is 1060 g/mol. The van der Waals surface area contributed by atoms with Crippen molar-refractivity contribution in [2.45, 2.75) is 72.1 Å². The molecule has 0 aliphatic heterocycles. The molecule has 1 aliphatic carbocycles.